The van der Waals surface area contributed by atoms with E-state index in [1.165, 1.54) is 12.1 Å². The van der Waals surface area contributed by atoms with Gasteiger partial charge in [-0.3, -0.25) is 0 Å². The number of benzene rings is 1. The Bertz CT molecular complexity index is 401. The van der Waals surface area contributed by atoms with Gasteiger partial charge >= 0.3 is 0 Å². The van der Waals surface area contributed by atoms with Crippen molar-refractivity contribution < 1.29 is 4.39 Å². The van der Waals surface area contributed by atoms with E-state index in [0.29, 0.717) is 5.92 Å². The van der Waals surface area contributed by atoms with Gasteiger partial charge in [0.25, 0.3) is 0 Å². The molecule has 16 heavy (non-hydrogen) atoms. The van der Waals surface area contributed by atoms with Crippen molar-refractivity contribution in [3.8, 4) is 0 Å². The number of nitrogens with zero attached hydrogens (tertiary/aromatic N) is 1. The van der Waals surface area contributed by atoms with Crippen molar-refractivity contribution in [2.45, 2.75) is 18.8 Å². The molecule has 1 fully saturated rings. The molecule has 2 heteroatoms. The van der Waals surface area contributed by atoms with E-state index < -0.39 is 0 Å². The number of rotatable bonds is 1. The van der Waals surface area contributed by atoms with Crippen molar-refractivity contribution >= 4 is 0 Å². The summed E-state index contributed by atoms with van der Waals surface area (Å²) >= 11 is 0. The summed E-state index contributed by atoms with van der Waals surface area (Å²) in [4.78, 5) is 2.04. The van der Waals surface area contributed by atoms with E-state index >= 15 is 0 Å². The van der Waals surface area contributed by atoms with Gasteiger partial charge in [0.1, 0.15) is 5.82 Å². The van der Waals surface area contributed by atoms with Crippen molar-refractivity contribution in [2.75, 3.05) is 7.05 Å². The summed E-state index contributed by atoms with van der Waals surface area (Å²) in [5.41, 5.74) is 3.31. The number of likely N-dealkylation sites (tertiary alicyclic amines) is 1. The summed E-state index contributed by atoms with van der Waals surface area (Å²) in [5.74, 6) is 0.200. The largest absolute Gasteiger partial charge is 0.353 e. The lowest BCUT2D eigenvalue weighted by Gasteiger charge is -2.34. The molecular weight excluding hydrogens is 201 g/mol. The fraction of sp³-hybridized carbons (Fsp3) is 0.286. The highest BCUT2D eigenvalue weighted by Crippen LogP contribution is 2.36. The van der Waals surface area contributed by atoms with Crippen LogP contribution in [-0.4, -0.2) is 11.9 Å². The number of halogens is 1. The molecule has 1 aliphatic heterocycles. The lowest BCUT2D eigenvalue weighted by molar-refractivity contribution is 0.395. The van der Waals surface area contributed by atoms with E-state index in [2.05, 4.69) is 13.2 Å². The normalized spacial score (nSPS) is 18.0. The molecule has 0 N–H and O–H groups in total. The number of hydrogen-bond donors (Lipinski definition) is 0. The monoisotopic (exact) mass is 217 g/mol. The first kappa shape index (κ1) is 10.9. The Balaban J connectivity index is 2.20. The molecule has 0 saturated carbocycles. The number of allylic oxidation sites excluding steroid dienone is 2. The molecule has 1 aromatic rings. The Morgan fingerprint density at radius 1 is 1.12 bits per heavy atom. The van der Waals surface area contributed by atoms with Crippen LogP contribution in [0.3, 0.4) is 0 Å². The quantitative estimate of drug-likeness (QED) is 0.694. The minimum Gasteiger partial charge on any atom is -0.353 e. The van der Waals surface area contributed by atoms with Crippen LogP contribution in [0.4, 0.5) is 4.39 Å². The van der Waals surface area contributed by atoms with Crippen molar-refractivity contribution in [3.63, 3.8) is 0 Å². The Morgan fingerprint density at radius 3 is 2.12 bits per heavy atom. The third-order valence-corrected chi connectivity index (χ3v) is 3.25. The van der Waals surface area contributed by atoms with Crippen LogP contribution >= 0.6 is 0 Å². The molecule has 84 valence electrons. The minimum atomic E-state index is -0.186. The van der Waals surface area contributed by atoms with Crippen LogP contribution in [0, 0.1) is 5.82 Å². The third-order valence-electron chi connectivity index (χ3n) is 3.25. The van der Waals surface area contributed by atoms with Crippen molar-refractivity contribution in [1.29, 1.82) is 0 Å². The Morgan fingerprint density at radius 2 is 1.62 bits per heavy atom. The summed E-state index contributed by atoms with van der Waals surface area (Å²) < 4.78 is 12.8. The molecule has 0 aliphatic carbocycles. The lowest BCUT2D eigenvalue weighted by atomic mass is 9.87. The highest BCUT2D eigenvalue weighted by atomic mass is 19.1. The number of hydrogen-bond acceptors (Lipinski definition) is 1. The molecule has 0 amide bonds. The van der Waals surface area contributed by atoms with E-state index in [9.17, 15) is 4.39 Å². The first-order valence-electron chi connectivity index (χ1n) is 5.42. The fourth-order valence-corrected chi connectivity index (χ4v) is 2.11. The fourth-order valence-electron chi connectivity index (χ4n) is 2.11. The molecule has 1 saturated heterocycles. The Hall–Kier alpha value is -1.57. The zero-order valence-electron chi connectivity index (χ0n) is 9.54. The zero-order valence-corrected chi connectivity index (χ0v) is 9.54. The molecule has 0 aromatic heterocycles. The standard InChI is InChI=1S/C14H16FN/c1-10-8-13(9-11(2)16(10)3)12-4-6-14(15)7-5-12/h4-7,13H,1-2,8-9H2,3H3. The topological polar surface area (TPSA) is 3.24 Å². The van der Waals surface area contributed by atoms with Crippen molar-refractivity contribution in [2.24, 2.45) is 0 Å². The van der Waals surface area contributed by atoms with Crippen LogP contribution in [0.2, 0.25) is 0 Å². The third kappa shape index (κ3) is 2.01. The maximum atomic E-state index is 12.8. The van der Waals surface area contributed by atoms with Gasteiger partial charge in [-0.2, -0.15) is 0 Å². The maximum Gasteiger partial charge on any atom is 0.123 e. The number of piperidine rings is 1. The Labute approximate surface area is 95.9 Å². The molecule has 0 unspecified atom stereocenters. The van der Waals surface area contributed by atoms with E-state index in [1.54, 1.807) is 0 Å². The smallest absolute Gasteiger partial charge is 0.123 e. The molecule has 1 aromatic carbocycles. The summed E-state index contributed by atoms with van der Waals surface area (Å²) in [7, 11) is 1.99. The predicted molar refractivity (Wildman–Crippen MR) is 64.4 cm³/mol. The molecule has 0 bridgehead atoms. The van der Waals surface area contributed by atoms with E-state index in [1.807, 2.05) is 24.1 Å². The van der Waals surface area contributed by atoms with E-state index in [-0.39, 0.29) is 5.82 Å². The summed E-state index contributed by atoms with van der Waals surface area (Å²) in [6.45, 7) is 8.06. The average Bonchev–Trinajstić information content (AvgIpc) is 2.26. The van der Waals surface area contributed by atoms with Crippen molar-refractivity contribution in [3.05, 3.63) is 60.2 Å². The second-order valence-electron chi connectivity index (χ2n) is 4.35. The summed E-state index contributed by atoms with van der Waals surface area (Å²) in [5, 5.41) is 0. The van der Waals surface area contributed by atoms with Gasteiger partial charge in [-0.1, -0.05) is 25.3 Å². The molecular formula is C14H16FN. The first-order chi connectivity index (χ1) is 7.58. The van der Waals surface area contributed by atoms with Crippen LogP contribution in [-0.2, 0) is 0 Å². The molecule has 2 rings (SSSR count). The van der Waals surface area contributed by atoms with Crippen LogP contribution < -0.4 is 0 Å². The first-order valence-corrected chi connectivity index (χ1v) is 5.42. The SMILES string of the molecule is C=C1CC(c2ccc(F)cc2)CC(=C)N1C. The van der Waals surface area contributed by atoms with E-state index in [4.69, 9.17) is 0 Å². The van der Waals surface area contributed by atoms with E-state index in [0.717, 1.165) is 29.8 Å². The summed E-state index contributed by atoms with van der Waals surface area (Å²) in [6, 6.07) is 6.73. The molecule has 0 spiro atoms. The minimum absolute atomic E-state index is 0.186. The van der Waals surface area contributed by atoms with Crippen LogP contribution in [0.15, 0.2) is 48.8 Å². The second kappa shape index (κ2) is 4.12. The molecule has 0 atom stereocenters. The summed E-state index contributed by atoms with van der Waals surface area (Å²) in [6.07, 6.45) is 1.84. The zero-order chi connectivity index (χ0) is 11.7. The van der Waals surface area contributed by atoms with Gasteiger partial charge in [-0.05, 0) is 36.5 Å². The van der Waals surface area contributed by atoms with Crippen LogP contribution in [0.5, 0.6) is 0 Å². The van der Waals surface area contributed by atoms with Gasteiger partial charge in [0.05, 0.1) is 0 Å². The van der Waals surface area contributed by atoms with Gasteiger partial charge < -0.3 is 4.90 Å². The van der Waals surface area contributed by atoms with Crippen LogP contribution in [0.25, 0.3) is 0 Å². The average molecular weight is 217 g/mol. The van der Waals surface area contributed by atoms with Crippen LogP contribution in [0.1, 0.15) is 24.3 Å². The maximum absolute atomic E-state index is 12.8. The van der Waals surface area contributed by atoms with Gasteiger partial charge in [-0.25, -0.2) is 4.39 Å². The molecule has 1 nitrogen and oxygen atoms in total. The van der Waals surface area contributed by atoms with Gasteiger partial charge in [0.2, 0.25) is 0 Å². The Kier molecular flexibility index (Phi) is 2.82. The van der Waals surface area contributed by atoms with Gasteiger partial charge in [-0.15, -0.1) is 0 Å². The van der Waals surface area contributed by atoms with Gasteiger partial charge in [0, 0.05) is 18.4 Å². The molecule has 1 heterocycles. The molecule has 0 radical (unpaired) electrons. The van der Waals surface area contributed by atoms with Gasteiger partial charge in [0.15, 0.2) is 0 Å². The molecule has 1 aliphatic rings. The lowest BCUT2D eigenvalue weighted by Crippen LogP contribution is -2.24. The predicted octanol–water partition coefficient (Wildman–Crippen LogP) is 3.66. The second-order valence-corrected chi connectivity index (χ2v) is 4.35. The highest BCUT2D eigenvalue weighted by Gasteiger charge is 2.23. The highest BCUT2D eigenvalue weighted by molar-refractivity contribution is 5.27. The van der Waals surface area contributed by atoms with Crippen molar-refractivity contribution in [1.82, 2.24) is 4.90 Å².